The van der Waals surface area contributed by atoms with Crippen LogP contribution in [0.5, 0.6) is 0 Å². The number of fused-ring (bicyclic) bond motifs is 1. The Labute approximate surface area is 577 Å². The Morgan fingerprint density at radius 2 is 1.20 bits per heavy atom. The van der Waals surface area contributed by atoms with Crippen molar-refractivity contribution in [2.45, 2.75) is 166 Å². The number of amides is 5. The SMILES string of the molecule is C.CC(C)C[C@H](C)C(O)C(=O)O.CC(C)C[C@H](NC(=O)[C@H](CCCN=C(N)N[N+](=O)[O-])NC(=O)C(CCCCCCCCN1C(=O)c2ccccc2C1=O)C1CCCC1)C(=O)C(=O)NCCNS(=O)(=O)c1ccc(Cl)c(Cl)c1.Cl.NCCNS(=O)(=O)c1ccc(Cl)c(Cl)c1. The van der Waals surface area contributed by atoms with Crippen molar-refractivity contribution < 1.29 is 65.6 Å². The number of ketones is 1. The minimum absolute atomic E-state index is 0. The van der Waals surface area contributed by atoms with Crippen LogP contribution in [-0.4, -0.2) is 142 Å². The molecule has 5 atom stereocenters. The molecule has 528 valence electrons. The van der Waals surface area contributed by atoms with E-state index in [4.69, 9.17) is 68.1 Å². The second kappa shape index (κ2) is 43.4. The number of aliphatic hydroxyl groups excluding tert-OH is 1. The second-order valence-electron chi connectivity index (χ2n) is 23.1. The van der Waals surface area contributed by atoms with Crippen molar-refractivity contribution in [3.05, 3.63) is 102 Å². The minimum atomic E-state index is -4.03. The van der Waals surface area contributed by atoms with Gasteiger partial charge in [-0.05, 0) is 124 Å². The van der Waals surface area contributed by atoms with Crippen molar-refractivity contribution in [1.29, 1.82) is 0 Å². The highest BCUT2D eigenvalue weighted by molar-refractivity contribution is 7.89. The number of aliphatic carboxylic acids is 1. The Hall–Kier alpha value is -5.79. The molecule has 0 aromatic heterocycles. The molecule has 1 heterocycles. The fourth-order valence-corrected chi connectivity index (χ4v) is 13.1. The zero-order valence-corrected chi connectivity index (χ0v) is 58.1. The Bertz CT molecular complexity index is 3220. The first kappa shape index (κ1) is 86.2. The predicted octanol–water partition coefficient (Wildman–Crippen LogP) is 8.08. The number of halogens is 5. The predicted molar refractivity (Wildman–Crippen MR) is 365 cm³/mol. The number of carbonyl (C=O) groups is 7. The van der Waals surface area contributed by atoms with E-state index in [1.54, 1.807) is 50.5 Å². The summed E-state index contributed by atoms with van der Waals surface area (Å²) in [7, 11) is -7.56. The van der Waals surface area contributed by atoms with E-state index in [-0.39, 0.29) is 138 Å². The molecule has 2 aliphatic rings. The smallest absolute Gasteiger partial charge is 0.332 e. The molecule has 1 aliphatic carbocycles. The van der Waals surface area contributed by atoms with Gasteiger partial charge in [0.25, 0.3) is 23.7 Å². The van der Waals surface area contributed by atoms with Crippen LogP contribution in [0, 0.1) is 39.7 Å². The number of nitrogens with two attached hydrogens (primary N) is 2. The third-order valence-corrected chi connectivity index (χ3v) is 19.2. The van der Waals surface area contributed by atoms with Crippen molar-refractivity contribution >= 4 is 126 Å². The molecule has 0 spiro atoms. The number of guanidine groups is 1. The van der Waals surface area contributed by atoms with E-state index in [9.17, 15) is 60.5 Å². The van der Waals surface area contributed by atoms with Crippen LogP contribution in [0.1, 0.15) is 159 Å². The van der Waals surface area contributed by atoms with Gasteiger partial charge in [-0.25, -0.2) is 46.2 Å². The standard InChI is InChI=1S/C44H61Cl2N9O10S.C8H10Cl2N2O2S.C8H16O3.CH4.ClH/c1-28(2)26-37(38(56)41(59)48-23-24-50-66(64,65)30-20-21-34(45)35(46)27-30)52-40(58)36(19-13-22-49-44(47)53-55(62)63)51-39(57)31(29-14-8-9-15-29)16-7-5-3-4-6-12-25-54-42(60)32-17-10-11-18-33(32)43(54)61;9-7-2-1-6(5-8(7)10)15(13,14)12-4-3-11;1-5(2)4-6(3)7(9)8(10)11;;/h10-11,17-18,20-21,27-29,31,36-37,50H,3-9,12-16,19,22-26H2,1-2H3,(H,48,59)(H,51,57)(H,52,58)(H3,47,49,53);1-2,5,12H,3-4,11H2;5-7,9H,4H2,1-3H3,(H,10,11);1H4;1H/t31?,36-,37-;;6-,7?;;/m0.0../s1. The number of aliphatic hydroxyl groups is 1. The Kier molecular flexibility index (Phi) is 39.8. The maximum Gasteiger partial charge on any atom is 0.332 e. The van der Waals surface area contributed by atoms with Gasteiger partial charge in [-0.3, -0.25) is 33.7 Å². The van der Waals surface area contributed by atoms with Gasteiger partial charge in [0.15, 0.2) is 11.1 Å². The molecule has 3 aromatic rings. The number of nitro groups is 1. The number of carbonyl (C=O) groups excluding carboxylic acids is 6. The normalized spacial score (nSPS) is 14.7. The number of unbranched alkanes of at least 4 members (excludes halogenated alkanes) is 5. The van der Waals surface area contributed by atoms with Crippen LogP contribution >= 0.6 is 58.8 Å². The quantitative estimate of drug-likeness (QED) is 0.00500. The van der Waals surface area contributed by atoms with Gasteiger partial charge in [0.1, 0.15) is 6.04 Å². The third-order valence-electron chi connectivity index (χ3n) is 14.8. The number of nitrogens with one attached hydrogen (secondary N) is 6. The summed E-state index contributed by atoms with van der Waals surface area (Å²) in [4.78, 5) is 106. The molecule has 26 nitrogen and oxygen atoms in total. The van der Waals surface area contributed by atoms with Gasteiger partial charge in [0.05, 0.1) is 47.1 Å². The highest BCUT2D eigenvalue weighted by Crippen LogP contribution is 2.35. The van der Waals surface area contributed by atoms with Crippen molar-refractivity contribution in [3.63, 3.8) is 0 Å². The van der Waals surface area contributed by atoms with E-state index in [2.05, 4.69) is 30.4 Å². The van der Waals surface area contributed by atoms with Crippen LogP contribution in [0.3, 0.4) is 0 Å². The number of imide groups is 1. The minimum Gasteiger partial charge on any atom is -0.479 e. The van der Waals surface area contributed by atoms with Crippen LogP contribution < -0.4 is 42.3 Å². The summed E-state index contributed by atoms with van der Waals surface area (Å²) in [6.45, 7) is 9.57. The first-order chi connectivity index (χ1) is 43.3. The number of carboxylic acid groups (broad SMARTS) is 1. The lowest BCUT2D eigenvalue weighted by Gasteiger charge is -2.27. The van der Waals surface area contributed by atoms with E-state index in [1.807, 2.05) is 13.8 Å². The van der Waals surface area contributed by atoms with E-state index in [0.717, 1.165) is 64.2 Å². The molecule has 1 fully saturated rings. The van der Waals surface area contributed by atoms with E-state index in [1.165, 1.54) is 41.3 Å². The number of benzene rings is 3. The highest BCUT2D eigenvalue weighted by Gasteiger charge is 2.36. The van der Waals surface area contributed by atoms with E-state index < -0.39 is 72.8 Å². The monoisotopic (exact) mass is 1460 g/mol. The molecular formula is C61H92Cl5N11O15S2. The molecule has 5 amide bonds. The summed E-state index contributed by atoms with van der Waals surface area (Å²) in [5.74, 6) is -5.30. The topological polar surface area (TPSA) is 411 Å². The summed E-state index contributed by atoms with van der Waals surface area (Å²) < 4.78 is 53.2. The fourth-order valence-electron chi connectivity index (χ4n) is 10.2. The van der Waals surface area contributed by atoms with Crippen molar-refractivity contribution in [3.8, 4) is 0 Å². The maximum absolute atomic E-state index is 14.1. The number of carboxylic acids is 1. The number of aliphatic imine (C=N–C) groups is 1. The van der Waals surface area contributed by atoms with E-state index >= 15 is 0 Å². The number of nitrogens with zero attached hydrogens (tertiary/aromatic N) is 3. The molecule has 0 saturated heterocycles. The molecule has 12 N–H and O–H groups in total. The molecular weight excluding hydrogens is 1370 g/mol. The number of hydrazine groups is 1. The molecule has 94 heavy (non-hydrogen) atoms. The average Bonchev–Trinajstić information content (AvgIpc) is 1.63. The summed E-state index contributed by atoms with van der Waals surface area (Å²) in [6, 6.07) is 12.2. The summed E-state index contributed by atoms with van der Waals surface area (Å²) in [5, 5.41) is 36.1. The first-order valence-corrected chi connectivity index (χ1v) is 34.9. The molecule has 33 heteroatoms. The zero-order chi connectivity index (χ0) is 68.9. The Balaban J connectivity index is 0.00000130. The lowest BCUT2D eigenvalue weighted by Crippen LogP contribution is -2.55. The molecule has 0 bridgehead atoms. The number of hydrogen-bond acceptors (Lipinski definition) is 16. The molecule has 3 aromatic carbocycles. The highest BCUT2D eigenvalue weighted by atomic mass is 35.5. The van der Waals surface area contributed by atoms with Gasteiger partial charge < -0.3 is 37.6 Å². The largest absolute Gasteiger partial charge is 0.479 e. The molecule has 0 radical (unpaired) electrons. The summed E-state index contributed by atoms with van der Waals surface area (Å²) in [5.41, 5.74) is 13.4. The Morgan fingerprint density at radius 3 is 1.69 bits per heavy atom. The van der Waals surface area contributed by atoms with Crippen molar-refractivity contribution in [2.75, 3.05) is 39.3 Å². The van der Waals surface area contributed by atoms with Crippen molar-refractivity contribution in [2.24, 2.45) is 46.0 Å². The third kappa shape index (κ3) is 29.7. The van der Waals surface area contributed by atoms with Gasteiger partial charge in [0.2, 0.25) is 37.6 Å². The van der Waals surface area contributed by atoms with Gasteiger partial charge in [-0.2, -0.15) is 0 Å². The number of hydrogen-bond donors (Lipinski definition) is 10. The maximum atomic E-state index is 14.1. The number of rotatable bonds is 36. The van der Waals surface area contributed by atoms with Crippen molar-refractivity contribution in [1.82, 2.24) is 35.7 Å². The van der Waals surface area contributed by atoms with Gasteiger partial charge >= 0.3 is 5.97 Å². The van der Waals surface area contributed by atoms with E-state index in [0.29, 0.717) is 41.5 Å². The van der Waals surface area contributed by atoms with Crippen LogP contribution in [0.2, 0.25) is 20.1 Å². The van der Waals surface area contributed by atoms with Gasteiger partial charge in [-0.1, -0.05) is 151 Å². The van der Waals surface area contributed by atoms with Crippen LogP contribution in [0.25, 0.3) is 0 Å². The molecule has 5 rings (SSSR count). The second-order valence-corrected chi connectivity index (χ2v) is 28.3. The average molecular weight is 1460 g/mol. The first-order valence-electron chi connectivity index (χ1n) is 30.4. The molecule has 1 saturated carbocycles. The Morgan fingerprint density at radius 1 is 0.702 bits per heavy atom. The fraction of sp³-hybridized carbons (Fsp3) is 0.574. The van der Waals surface area contributed by atoms with Gasteiger partial charge in [0, 0.05) is 45.2 Å². The summed E-state index contributed by atoms with van der Waals surface area (Å²) >= 11 is 23.2. The lowest BCUT2D eigenvalue weighted by molar-refractivity contribution is -0.525. The lowest BCUT2D eigenvalue weighted by atomic mass is 9.85. The summed E-state index contributed by atoms with van der Waals surface area (Å²) in [6.07, 6.45) is 9.00. The molecule has 2 unspecified atom stereocenters. The number of sulfonamides is 2. The zero-order valence-electron chi connectivity index (χ0n) is 52.7. The van der Waals surface area contributed by atoms with Crippen LogP contribution in [0.15, 0.2) is 75.4 Å². The van der Waals surface area contributed by atoms with Gasteiger partial charge in [-0.15, -0.1) is 12.4 Å². The molecule has 1 aliphatic heterocycles. The van der Waals surface area contributed by atoms with Crippen LogP contribution in [0.4, 0.5) is 0 Å². The van der Waals surface area contributed by atoms with Crippen LogP contribution in [-0.2, 0) is 44.0 Å². The number of Topliss-reactive ketones (excluding diaryl/α,β-unsaturated/α-hetero) is 1.